The lowest BCUT2D eigenvalue weighted by Crippen LogP contribution is -2.21. The molecule has 2 rings (SSSR count). The molecule has 2 aromatic rings. The van der Waals surface area contributed by atoms with Crippen LogP contribution in [0.1, 0.15) is 26.5 Å². The van der Waals surface area contributed by atoms with Crippen LogP contribution in [-0.2, 0) is 6.54 Å². The van der Waals surface area contributed by atoms with Crippen molar-refractivity contribution >= 4 is 0 Å². The van der Waals surface area contributed by atoms with Crippen molar-refractivity contribution in [3.05, 3.63) is 42.4 Å². The third-order valence-corrected chi connectivity index (χ3v) is 2.89. The zero-order valence-electron chi connectivity index (χ0n) is 11.8. The summed E-state index contributed by atoms with van der Waals surface area (Å²) in [5, 5.41) is 3.37. The molecule has 0 bridgehead atoms. The topological polar surface area (TPSA) is 34.4 Å². The van der Waals surface area contributed by atoms with E-state index < -0.39 is 0 Å². The van der Waals surface area contributed by atoms with Crippen LogP contribution >= 0.6 is 0 Å². The van der Waals surface area contributed by atoms with Gasteiger partial charge in [0.15, 0.2) is 0 Å². The molecule has 0 radical (unpaired) electrons. The van der Waals surface area contributed by atoms with E-state index in [-0.39, 0.29) is 0 Å². The number of furan rings is 1. The molecule has 1 aromatic carbocycles. The van der Waals surface area contributed by atoms with E-state index in [1.165, 1.54) is 0 Å². The molecule has 3 nitrogen and oxygen atoms in total. The summed E-state index contributed by atoms with van der Waals surface area (Å²) in [7, 11) is 0. The summed E-state index contributed by atoms with van der Waals surface area (Å²) in [4.78, 5) is 0. The monoisotopic (exact) mass is 259 g/mol. The van der Waals surface area contributed by atoms with Gasteiger partial charge in [0.05, 0.1) is 19.4 Å². The molecular formula is C16H21NO2. The summed E-state index contributed by atoms with van der Waals surface area (Å²) >= 11 is 0. The number of nitrogens with one attached hydrogen (secondary N) is 1. The van der Waals surface area contributed by atoms with Gasteiger partial charge in [-0.05, 0) is 19.1 Å². The van der Waals surface area contributed by atoms with Crippen LogP contribution in [-0.4, -0.2) is 12.6 Å². The zero-order valence-corrected chi connectivity index (χ0v) is 11.8. The van der Waals surface area contributed by atoms with E-state index in [1.807, 2.05) is 31.2 Å². The van der Waals surface area contributed by atoms with Crippen molar-refractivity contribution in [2.24, 2.45) is 0 Å². The standard InChI is InChI=1S/C16H21NO2/c1-4-18-15-8-6-5-7-13(15)14-9-10-19-16(14)11-17-12(2)3/h5-10,12,17H,4,11H2,1-3H3. The van der Waals surface area contributed by atoms with Gasteiger partial charge < -0.3 is 14.5 Å². The first-order chi connectivity index (χ1) is 9.22. The fraction of sp³-hybridized carbons (Fsp3) is 0.375. The molecule has 0 atom stereocenters. The Balaban J connectivity index is 2.29. The molecule has 0 unspecified atom stereocenters. The maximum absolute atomic E-state index is 5.68. The van der Waals surface area contributed by atoms with Crippen LogP contribution < -0.4 is 10.1 Å². The van der Waals surface area contributed by atoms with Gasteiger partial charge in [0.25, 0.3) is 0 Å². The predicted octanol–water partition coefficient (Wildman–Crippen LogP) is 3.84. The fourth-order valence-electron chi connectivity index (χ4n) is 1.98. The van der Waals surface area contributed by atoms with E-state index in [0.29, 0.717) is 12.6 Å². The minimum Gasteiger partial charge on any atom is -0.493 e. The molecular weight excluding hydrogens is 238 g/mol. The number of hydrogen-bond acceptors (Lipinski definition) is 3. The number of ether oxygens (including phenoxy) is 1. The van der Waals surface area contributed by atoms with Gasteiger partial charge in [-0.3, -0.25) is 0 Å². The van der Waals surface area contributed by atoms with Crippen molar-refractivity contribution in [3.8, 4) is 16.9 Å². The molecule has 3 heteroatoms. The van der Waals surface area contributed by atoms with Gasteiger partial charge >= 0.3 is 0 Å². The van der Waals surface area contributed by atoms with Gasteiger partial charge in [-0.1, -0.05) is 32.0 Å². The summed E-state index contributed by atoms with van der Waals surface area (Å²) in [5.74, 6) is 1.85. The van der Waals surface area contributed by atoms with Gasteiger partial charge in [0, 0.05) is 17.2 Å². The predicted molar refractivity (Wildman–Crippen MR) is 77.3 cm³/mol. The highest BCUT2D eigenvalue weighted by Crippen LogP contribution is 2.33. The molecule has 0 spiro atoms. The highest BCUT2D eigenvalue weighted by atomic mass is 16.5. The van der Waals surface area contributed by atoms with E-state index in [4.69, 9.17) is 9.15 Å². The Morgan fingerprint density at radius 3 is 2.68 bits per heavy atom. The molecule has 0 saturated heterocycles. The third kappa shape index (κ3) is 3.38. The quantitative estimate of drug-likeness (QED) is 0.855. The Hall–Kier alpha value is -1.74. The van der Waals surface area contributed by atoms with Crippen molar-refractivity contribution < 1.29 is 9.15 Å². The summed E-state index contributed by atoms with van der Waals surface area (Å²) in [6, 6.07) is 10.5. The Morgan fingerprint density at radius 1 is 1.16 bits per heavy atom. The molecule has 102 valence electrons. The number of para-hydroxylation sites is 1. The molecule has 0 saturated carbocycles. The molecule has 0 aliphatic rings. The largest absolute Gasteiger partial charge is 0.493 e. The van der Waals surface area contributed by atoms with Gasteiger partial charge in [-0.15, -0.1) is 0 Å². The maximum atomic E-state index is 5.68. The third-order valence-electron chi connectivity index (χ3n) is 2.89. The minimum absolute atomic E-state index is 0.431. The Morgan fingerprint density at radius 2 is 1.95 bits per heavy atom. The number of rotatable bonds is 6. The molecule has 1 heterocycles. The van der Waals surface area contributed by atoms with E-state index in [2.05, 4.69) is 25.2 Å². The highest BCUT2D eigenvalue weighted by molar-refractivity contribution is 5.71. The van der Waals surface area contributed by atoms with E-state index in [9.17, 15) is 0 Å². The SMILES string of the molecule is CCOc1ccccc1-c1ccoc1CNC(C)C. The summed E-state index contributed by atoms with van der Waals surface area (Å²) in [6.45, 7) is 7.62. The average molecular weight is 259 g/mol. The Kier molecular flexibility index (Phi) is 4.63. The Labute approximate surface area is 114 Å². The van der Waals surface area contributed by atoms with Crippen molar-refractivity contribution in [1.82, 2.24) is 5.32 Å². The molecule has 1 aromatic heterocycles. The second-order valence-electron chi connectivity index (χ2n) is 4.72. The van der Waals surface area contributed by atoms with Gasteiger partial charge in [-0.25, -0.2) is 0 Å². The molecule has 0 aliphatic carbocycles. The molecule has 0 aliphatic heterocycles. The summed E-state index contributed by atoms with van der Waals surface area (Å²) < 4.78 is 11.3. The first-order valence-corrected chi connectivity index (χ1v) is 6.74. The maximum Gasteiger partial charge on any atom is 0.127 e. The first kappa shape index (κ1) is 13.7. The zero-order chi connectivity index (χ0) is 13.7. The summed E-state index contributed by atoms with van der Waals surface area (Å²) in [5.41, 5.74) is 2.18. The normalized spacial score (nSPS) is 10.9. The van der Waals surface area contributed by atoms with Gasteiger partial charge in [0.2, 0.25) is 0 Å². The van der Waals surface area contributed by atoms with Crippen LogP contribution in [0.25, 0.3) is 11.1 Å². The molecule has 0 amide bonds. The van der Waals surface area contributed by atoms with Crippen molar-refractivity contribution in [3.63, 3.8) is 0 Å². The lowest BCUT2D eigenvalue weighted by Gasteiger charge is -2.11. The van der Waals surface area contributed by atoms with Gasteiger partial charge in [-0.2, -0.15) is 0 Å². The summed E-state index contributed by atoms with van der Waals surface area (Å²) in [6.07, 6.45) is 1.73. The lowest BCUT2D eigenvalue weighted by molar-refractivity contribution is 0.341. The minimum atomic E-state index is 0.431. The van der Waals surface area contributed by atoms with Crippen LogP contribution in [0.5, 0.6) is 5.75 Å². The van der Waals surface area contributed by atoms with Crippen LogP contribution in [0.3, 0.4) is 0 Å². The van der Waals surface area contributed by atoms with E-state index in [0.717, 1.165) is 29.2 Å². The Bertz CT molecular complexity index is 517. The van der Waals surface area contributed by atoms with Crippen LogP contribution in [0.15, 0.2) is 41.0 Å². The molecule has 1 N–H and O–H groups in total. The second kappa shape index (κ2) is 6.43. The van der Waals surface area contributed by atoms with Crippen LogP contribution in [0.2, 0.25) is 0 Å². The highest BCUT2D eigenvalue weighted by Gasteiger charge is 2.13. The van der Waals surface area contributed by atoms with Crippen molar-refractivity contribution in [1.29, 1.82) is 0 Å². The van der Waals surface area contributed by atoms with E-state index >= 15 is 0 Å². The fourth-order valence-corrected chi connectivity index (χ4v) is 1.98. The molecule has 0 fully saturated rings. The average Bonchev–Trinajstić information content (AvgIpc) is 2.85. The van der Waals surface area contributed by atoms with Crippen LogP contribution in [0.4, 0.5) is 0 Å². The van der Waals surface area contributed by atoms with Crippen molar-refractivity contribution in [2.45, 2.75) is 33.4 Å². The van der Waals surface area contributed by atoms with Crippen LogP contribution in [0, 0.1) is 0 Å². The number of benzene rings is 1. The van der Waals surface area contributed by atoms with Gasteiger partial charge in [0.1, 0.15) is 11.5 Å². The first-order valence-electron chi connectivity index (χ1n) is 6.74. The second-order valence-corrected chi connectivity index (χ2v) is 4.72. The number of hydrogen-bond donors (Lipinski definition) is 1. The smallest absolute Gasteiger partial charge is 0.127 e. The lowest BCUT2D eigenvalue weighted by atomic mass is 10.1. The van der Waals surface area contributed by atoms with Crippen molar-refractivity contribution in [2.75, 3.05) is 6.61 Å². The van der Waals surface area contributed by atoms with E-state index in [1.54, 1.807) is 6.26 Å². The molecule has 19 heavy (non-hydrogen) atoms.